The lowest BCUT2D eigenvalue weighted by atomic mass is 10.3. The predicted molar refractivity (Wildman–Crippen MR) is 77.2 cm³/mol. The summed E-state index contributed by atoms with van der Waals surface area (Å²) in [6, 6.07) is 9.18. The molecule has 0 aliphatic carbocycles. The highest BCUT2D eigenvalue weighted by Crippen LogP contribution is 2.31. The molecule has 1 aromatic heterocycles. The number of aromatic nitrogens is 1. The lowest BCUT2D eigenvalue weighted by molar-refractivity contribution is 0.0692. The van der Waals surface area contributed by atoms with Crippen molar-refractivity contribution in [1.82, 2.24) is 4.98 Å². The molecule has 0 amide bonds. The second-order valence-corrected chi connectivity index (χ2v) is 6.26. The minimum Gasteiger partial charge on any atom is -0.478 e. The first kappa shape index (κ1) is 13.6. The first-order valence-electron chi connectivity index (χ1n) is 4.88. The molecule has 18 heavy (non-hydrogen) atoms. The molecule has 0 spiro atoms. The number of aromatic carboxylic acids is 1. The van der Waals surface area contributed by atoms with Crippen molar-refractivity contribution in [3.05, 3.63) is 51.0 Å². The fraction of sp³-hybridized carbons (Fsp3) is 0. The highest BCUT2D eigenvalue weighted by Gasteiger charge is 2.13. The monoisotopic (exact) mass is 387 g/mol. The predicted octanol–water partition coefficient (Wildman–Crippen LogP) is 4.46. The molecule has 1 N–H and O–H groups in total. The standard InChI is InChI=1S/C12H7Br2NO2S/c13-7-2-1-3-9(4-7)18-11-10(12(16)17)5-8(14)6-15-11/h1-6H,(H,16,17). The molecule has 1 heterocycles. The molecule has 0 aliphatic rings. The van der Waals surface area contributed by atoms with Crippen LogP contribution in [0.5, 0.6) is 0 Å². The van der Waals surface area contributed by atoms with Gasteiger partial charge in [-0.2, -0.15) is 0 Å². The van der Waals surface area contributed by atoms with Crippen molar-refractivity contribution >= 4 is 49.6 Å². The van der Waals surface area contributed by atoms with Crippen LogP contribution < -0.4 is 0 Å². The number of hydrogen-bond acceptors (Lipinski definition) is 3. The Balaban J connectivity index is 2.37. The van der Waals surface area contributed by atoms with Gasteiger partial charge in [-0.3, -0.25) is 0 Å². The van der Waals surface area contributed by atoms with Gasteiger partial charge in [0.2, 0.25) is 0 Å². The number of rotatable bonds is 3. The van der Waals surface area contributed by atoms with E-state index in [2.05, 4.69) is 36.8 Å². The summed E-state index contributed by atoms with van der Waals surface area (Å²) in [6.07, 6.45) is 1.59. The number of carboxylic acids is 1. The van der Waals surface area contributed by atoms with Gasteiger partial charge in [-0.1, -0.05) is 33.8 Å². The van der Waals surface area contributed by atoms with E-state index in [4.69, 9.17) is 5.11 Å². The summed E-state index contributed by atoms with van der Waals surface area (Å²) in [6.45, 7) is 0. The molecule has 2 rings (SSSR count). The van der Waals surface area contributed by atoms with Crippen LogP contribution in [0.15, 0.2) is 55.4 Å². The lowest BCUT2D eigenvalue weighted by Gasteiger charge is -2.05. The van der Waals surface area contributed by atoms with Gasteiger partial charge in [0.05, 0.1) is 5.56 Å². The van der Waals surface area contributed by atoms with Gasteiger partial charge in [-0.05, 0) is 40.2 Å². The molecular weight excluding hydrogens is 382 g/mol. The molecule has 92 valence electrons. The Hall–Kier alpha value is -0.850. The minimum absolute atomic E-state index is 0.189. The van der Waals surface area contributed by atoms with E-state index in [1.807, 2.05) is 24.3 Å². The zero-order valence-electron chi connectivity index (χ0n) is 8.93. The number of benzene rings is 1. The van der Waals surface area contributed by atoms with E-state index in [9.17, 15) is 4.79 Å². The maximum Gasteiger partial charge on any atom is 0.338 e. The van der Waals surface area contributed by atoms with Gasteiger partial charge in [0.15, 0.2) is 0 Å². The van der Waals surface area contributed by atoms with E-state index in [-0.39, 0.29) is 5.56 Å². The Morgan fingerprint density at radius 3 is 2.67 bits per heavy atom. The molecule has 0 bridgehead atoms. The van der Waals surface area contributed by atoms with E-state index in [1.54, 1.807) is 12.3 Å². The summed E-state index contributed by atoms with van der Waals surface area (Å²) in [5, 5.41) is 9.62. The van der Waals surface area contributed by atoms with Crippen LogP contribution >= 0.6 is 43.6 Å². The van der Waals surface area contributed by atoms with Crippen LogP contribution in [0.1, 0.15) is 10.4 Å². The first-order chi connectivity index (χ1) is 8.56. The molecule has 6 heteroatoms. The van der Waals surface area contributed by atoms with E-state index in [1.165, 1.54) is 11.8 Å². The SMILES string of the molecule is O=C(O)c1cc(Br)cnc1Sc1cccc(Br)c1. The largest absolute Gasteiger partial charge is 0.478 e. The van der Waals surface area contributed by atoms with Crippen LogP contribution in [0.2, 0.25) is 0 Å². The zero-order valence-corrected chi connectivity index (χ0v) is 12.9. The quantitative estimate of drug-likeness (QED) is 0.843. The van der Waals surface area contributed by atoms with Gasteiger partial charge in [0.1, 0.15) is 5.03 Å². The minimum atomic E-state index is -0.985. The van der Waals surface area contributed by atoms with Crippen molar-refractivity contribution in [3.8, 4) is 0 Å². The summed E-state index contributed by atoms with van der Waals surface area (Å²) in [5.74, 6) is -0.985. The number of halogens is 2. The third kappa shape index (κ3) is 3.34. The Morgan fingerprint density at radius 1 is 1.22 bits per heavy atom. The van der Waals surface area contributed by atoms with Gasteiger partial charge in [0.25, 0.3) is 0 Å². The van der Waals surface area contributed by atoms with Crippen molar-refractivity contribution in [2.45, 2.75) is 9.92 Å². The van der Waals surface area contributed by atoms with Crippen molar-refractivity contribution in [3.63, 3.8) is 0 Å². The Bertz CT molecular complexity index is 604. The second-order valence-electron chi connectivity index (χ2n) is 3.37. The van der Waals surface area contributed by atoms with Crippen molar-refractivity contribution < 1.29 is 9.90 Å². The molecule has 0 fully saturated rings. The lowest BCUT2D eigenvalue weighted by Crippen LogP contribution is -2.00. The number of pyridine rings is 1. The van der Waals surface area contributed by atoms with Gasteiger partial charge in [-0.15, -0.1) is 0 Å². The maximum atomic E-state index is 11.1. The Kier molecular flexibility index (Phi) is 4.42. The van der Waals surface area contributed by atoms with Crippen LogP contribution in [0.25, 0.3) is 0 Å². The first-order valence-corrected chi connectivity index (χ1v) is 7.29. The van der Waals surface area contributed by atoms with Gasteiger partial charge in [0, 0.05) is 20.0 Å². The smallest absolute Gasteiger partial charge is 0.338 e. The van der Waals surface area contributed by atoms with E-state index in [0.717, 1.165) is 9.37 Å². The number of hydrogen-bond donors (Lipinski definition) is 1. The zero-order chi connectivity index (χ0) is 13.1. The molecule has 2 aromatic rings. The molecule has 0 radical (unpaired) electrons. The average molecular weight is 389 g/mol. The molecule has 1 aromatic carbocycles. The van der Waals surface area contributed by atoms with Crippen LogP contribution in [0.4, 0.5) is 0 Å². The van der Waals surface area contributed by atoms with E-state index < -0.39 is 5.97 Å². The second kappa shape index (κ2) is 5.86. The van der Waals surface area contributed by atoms with Crippen LogP contribution in [0.3, 0.4) is 0 Å². The normalized spacial score (nSPS) is 10.3. The summed E-state index contributed by atoms with van der Waals surface area (Å²) < 4.78 is 1.60. The highest BCUT2D eigenvalue weighted by molar-refractivity contribution is 9.10. The molecule has 3 nitrogen and oxygen atoms in total. The average Bonchev–Trinajstić information content (AvgIpc) is 2.31. The number of carbonyl (C=O) groups is 1. The molecular formula is C12H7Br2NO2S. The fourth-order valence-corrected chi connectivity index (χ4v) is 3.10. The third-order valence-electron chi connectivity index (χ3n) is 2.06. The molecule has 0 aliphatic heterocycles. The highest BCUT2D eigenvalue weighted by atomic mass is 79.9. The van der Waals surface area contributed by atoms with Gasteiger partial charge >= 0.3 is 5.97 Å². The van der Waals surface area contributed by atoms with Crippen molar-refractivity contribution in [1.29, 1.82) is 0 Å². The molecule has 0 unspecified atom stereocenters. The van der Waals surface area contributed by atoms with Crippen LogP contribution in [-0.4, -0.2) is 16.1 Å². The maximum absolute atomic E-state index is 11.1. The Labute approximate surface area is 125 Å². The fourth-order valence-electron chi connectivity index (χ4n) is 1.30. The van der Waals surface area contributed by atoms with Crippen molar-refractivity contribution in [2.75, 3.05) is 0 Å². The van der Waals surface area contributed by atoms with E-state index in [0.29, 0.717) is 9.50 Å². The van der Waals surface area contributed by atoms with Gasteiger partial charge in [-0.25, -0.2) is 9.78 Å². The Morgan fingerprint density at radius 2 is 2.00 bits per heavy atom. The number of nitrogens with zero attached hydrogens (tertiary/aromatic N) is 1. The van der Waals surface area contributed by atoms with Crippen LogP contribution in [0, 0.1) is 0 Å². The molecule has 0 saturated carbocycles. The topological polar surface area (TPSA) is 50.2 Å². The number of carboxylic acid groups (broad SMARTS) is 1. The van der Waals surface area contributed by atoms with Gasteiger partial charge < -0.3 is 5.11 Å². The summed E-state index contributed by atoms with van der Waals surface area (Å²) >= 11 is 7.92. The molecule has 0 atom stereocenters. The van der Waals surface area contributed by atoms with Crippen molar-refractivity contribution in [2.24, 2.45) is 0 Å². The summed E-state index contributed by atoms with van der Waals surface area (Å²) in [4.78, 5) is 16.2. The van der Waals surface area contributed by atoms with E-state index >= 15 is 0 Å². The molecule has 0 saturated heterocycles. The summed E-state index contributed by atoms with van der Waals surface area (Å²) in [5.41, 5.74) is 0.189. The third-order valence-corrected chi connectivity index (χ3v) is 3.99. The summed E-state index contributed by atoms with van der Waals surface area (Å²) in [7, 11) is 0. The van der Waals surface area contributed by atoms with Crippen LogP contribution in [-0.2, 0) is 0 Å².